The van der Waals surface area contributed by atoms with Crippen molar-refractivity contribution in [2.24, 2.45) is 34.3 Å². The monoisotopic (exact) mass is 666 g/mol. The molecular weight excluding hydrogens is 623 g/mol. The standard InChI is InChI=1S/C32H43FN2O12/c1-29(2)46-25-13-19-18-12-21(33)20-11-17(36)7-8-30(20,3)27(18)23(37)15-31(19,4)32(25,47-29)24(38)16-44-26(39)14-22(34)28(40)43-9-5-6-10-45-35(41)42/h7-8,11,18-19,21-23,25,27,37H,5-6,9-10,12-16,34H2,1-4H3/t18?,19?,21-,22?,23-,25+,27?,30-,31-,32-/m0/s1. The van der Waals surface area contributed by atoms with E-state index >= 15 is 4.39 Å². The van der Waals surface area contributed by atoms with Crippen LogP contribution >= 0.6 is 0 Å². The van der Waals surface area contributed by atoms with E-state index in [2.05, 4.69) is 4.84 Å². The van der Waals surface area contributed by atoms with Gasteiger partial charge in [0.05, 0.1) is 31.8 Å². The van der Waals surface area contributed by atoms with E-state index in [-0.39, 0.29) is 56.5 Å². The lowest BCUT2D eigenvalue weighted by atomic mass is 9.46. The maximum Gasteiger partial charge on any atom is 0.323 e. The molecule has 3 N–H and O–H groups in total. The number of unbranched alkanes of at least 4 members (excludes halogenated alkanes) is 1. The van der Waals surface area contributed by atoms with Gasteiger partial charge in [0.25, 0.3) is 5.09 Å². The van der Waals surface area contributed by atoms with Gasteiger partial charge in [0.2, 0.25) is 5.78 Å². The Hall–Kier alpha value is -3.27. The Morgan fingerprint density at radius 3 is 2.57 bits per heavy atom. The quantitative estimate of drug-likeness (QED) is 0.133. The van der Waals surface area contributed by atoms with E-state index in [1.54, 1.807) is 19.9 Å². The molecule has 1 aliphatic heterocycles. The van der Waals surface area contributed by atoms with Crippen molar-refractivity contribution in [1.82, 2.24) is 0 Å². The second-order valence-electron chi connectivity index (χ2n) is 14.2. The van der Waals surface area contributed by atoms with Crippen LogP contribution in [0.15, 0.2) is 23.8 Å². The van der Waals surface area contributed by atoms with Crippen LogP contribution in [-0.2, 0) is 43.0 Å². The van der Waals surface area contributed by atoms with Crippen LogP contribution in [0.1, 0.15) is 66.2 Å². The summed E-state index contributed by atoms with van der Waals surface area (Å²) in [5, 5.41) is 21.0. The van der Waals surface area contributed by atoms with Crippen LogP contribution in [0.25, 0.3) is 0 Å². The number of fused-ring (bicyclic) bond motifs is 7. The van der Waals surface area contributed by atoms with Crippen molar-refractivity contribution in [3.05, 3.63) is 33.9 Å². The zero-order chi connectivity index (χ0) is 34.5. The first-order chi connectivity index (χ1) is 21.9. The summed E-state index contributed by atoms with van der Waals surface area (Å²) in [6, 6.07) is -1.37. The summed E-state index contributed by atoms with van der Waals surface area (Å²) >= 11 is 0. The number of aliphatic hydroxyl groups excluding tert-OH is 1. The van der Waals surface area contributed by atoms with E-state index in [0.717, 1.165) is 0 Å². The number of rotatable bonds is 12. The van der Waals surface area contributed by atoms with Crippen molar-refractivity contribution in [1.29, 1.82) is 0 Å². The second kappa shape index (κ2) is 12.6. The SMILES string of the molecule is CC1(C)O[C@@H]2CC3C4C[C@H](F)C5=CC(=O)C=C[C@]5(C)C4[C@@H](O)C[C@]3(C)[C@@]2(C(=O)COC(=O)CC(N)C(=O)OCCCCO[N+](=O)[O-])O1. The molecule has 0 aromatic rings. The molecule has 1 saturated heterocycles. The molecule has 47 heavy (non-hydrogen) atoms. The van der Waals surface area contributed by atoms with Gasteiger partial charge < -0.3 is 34.6 Å². The number of ether oxygens (including phenoxy) is 4. The molecule has 260 valence electrons. The van der Waals surface area contributed by atoms with Crippen LogP contribution in [0.5, 0.6) is 0 Å². The number of allylic oxidation sites excluding steroid dienone is 4. The number of hydrogen-bond acceptors (Lipinski definition) is 13. The number of hydrogen-bond donors (Lipinski definition) is 2. The highest BCUT2D eigenvalue weighted by molar-refractivity contribution is 6.01. The van der Waals surface area contributed by atoms with E-state index in [9.17, 15) is 34.4 Å². The van der Waals surface area contributed by atoms with Gasteiger partial charge in [-0.3, -0.25) is 19.2 Å². The minimum absolute atomic E-state index is 0.0700. The lowest BCUT2D eigenvalue weighted by Gasteiger charge is -2.60. The van der Waals surface area contributed by atoms with Crippen LogP contribution < -0.4 is 5.73 Å². The fourth-order valence-electron chi connectivity index (χ4n) is 9.13. The number of carbonyl (C=O) groups is 4. The van der Waals surface area contributed by atoms with Crippen LogP contribution in [0.4, 0.5) is 4.39 Å². The molecule has 0 aromatic carbocycles. The van der Waals surface area contributed by atoms with Crippen LogP contribution in [0.2, 0.25) is 0 Å². The molecular formula is C32H43FN2O12. The van der Waals surface area contributed by atoms with E-state index in [1.807, 2.05) is 13.8 Å². The van der Waals surface area contributed by atoms with E-state index < -0.39 is 88.4 Å². The third-order valence-electron chi connectivity index (χ3n) is 10.9. The molecule has 1 heterocycles. The summed E-state index contributed by atoms with van der Waals surface area (Å²) in [7, 11) is 0. The molecule has 10 atom stereocenters. The smallest absolute Gasteiger partial charge is 0.323 e. The molecule has 0 aromatic heterocycles. The van der Waals surface area contributed by atoms with Crippen LogP contribution in [-0.4, -0.2) is 89.3 Å². The van der Waals surface area contributed by atoms with Crippen molar-refractivity contribution < 1.29 is 57.5 Å². The van der Waals surface area contributed by atoms with Gasteiger partial charge in [0.1, 0.15) is 12.2 Å². The van der Waals surface area contributed by atoms with Crippen LogP contribution in [0, 0.1) is 38.7 Å². The molecule has 14 nitrogen and oxygen atoms in total. The van der Waals surface area contributed by atoms with Gasteiger partial charge in [0, 0.05) is 16.7 Å². The molecule has 0 bridgehead atoms. The van der Waals surface area contributed by atoms with E-state index in [1.165, 1.54) is 12.2 Å². The molecule has 0 spiro atoms. The number of halogens is 1. The third-order valence-corrected chi connectivity index (χ3v) is 10.9. The molecule has 0 amide bonds. The Balaban J connectivity index is 1.27. The zero-order valence-corrected chi connectivity index (χ0v) is 27.0. The summed E-state index contributed by atoms with van der Waals surface area (Å²) in [6.45, 7) is 6.09. The first kappa shape index (κ1) is 35.0. The maximum absolute atomic E-state index is 15.8. The molecule has 3 saturated carbocycles. The van der Waals surface area contributed by atoms with Crippen molar-refractivity contribution in [3.63, 3.8) is 0 Å². The highest BCUT2D eigenvalue weighted by Gasteiger charge is 2.77. The molecule has 5 aliphatic rings. The fraction of sp³-hybridized carbons (Fsp3) is 0.750. The van der Waals surface area contributed by atoms with Gasteiger partial charge >= 0.3 is 11.9 Å². The first-order valence-corrected chi connectivity index (χ1v) is 16.0. The minimum atomic E-state index is -1.62. The van der Waals surface area contributed by atoms with Crippen molar-refractivity contribution in [2.75, 3.05) is 19.8 Å². The highest BCUT2D eigenvalue weighted by Crippen LogP contribution is 2.70. The predicted molar refractivity (Wildman–Crippen MR) is 158 cm³/mol. The number of ketones is 2. The topological polar surface area (TPSA) is 204 Å². The minimum Gasteiger partial charge on any atom is -0.465 e. The van der Waals surface area contributed by atoms with Crippen molar-refractivity contribution in [3.8, 4) is 0 Å². The Morgan fingerprint density at radius 1 is 1.17 bits per heavy atom. The summed E-state index contributed by atoms with van der Waals surface area (Å²) in [6.07, 6.45) is 1.84. The molecule has 15 heteroatoms. The number of Topliss-reactive ketones (excluding diaryl/α,β-unsaturated/α-hetero) is 1. The zero-order valence-electron chi connectivity index (χ0n) is 27.0. The fourth-order valence-corrected chi connectivity index (χ4v) is 9.13. The average Bonchev–Trinajstić information content (AvgIpc) is 3.39. The second-order valence-corrected chi connectivity index (χ2v) is 14.2. The maximum atomic E-state index is 15.8. The highest BCUT2D eigenvalue weighted by atomic mass is 19.1. The lowest BCUT2D eigenvalue weighted by Crippen LogP contribution is -2.64. The van der Waals surface area contributed by atoms with E-state index in [4.69, 9.17) is 24.7 Å². The van der Waals surface area contributed by atoms with Crippen molar-refractivity contribution >= 4 is 23.5 Å². The number of esters is 2. The largest absolute Gasteiger partial charge is 0.465 e. The third kappa shape index (κ3) is 6.11. The van der Waals surface area contributed by atoms with Crippen LogP contribution in [0.3, 0.4) is 0 Å². The molecule has 4 unspecified atom stereocenters. The molecule has 4 aliphatic carbocycles. The number of aliphatic hydroxyl groups is 1. The van der Waals surface area contributed by atoms with E-state index in [0.29, 0.717) is 12.0 Å². The van der Waals surface area contributed by atoms with Gasteiger partial charge in [-0.05, 0) is 75.5 Å². The predicted octanol–water partition coefficient (Wildman–Crippen LogP) is 2.07. The Bertz CT molecular complexity index is 1380. The number of nitrogens with two attached hydrogens (primary N) is 1. The Morgan fingerprint density at radius 2 is 1.87 bits per heavy atom. The molecule has 4 fully saturated rings. The summed E-state index contributed by atoms with van der Waals surface area (Å²) < 4.78 is 38.8. The number of alkyl halides is 1. The number of nitrogens with zero attached hydrogens (tertiary/aromatic N) is 1. The summed E-state index contributed by atoms with van der Waals surface area (Å²) in [5.41, 5.74) is 2.65. The van der Waals surface area contributed by atoms with Gasteiger partial charge in [0.15, 0.2) is 23.8 Å². The van der Waals surface area contributed by atoms with Gasteiger partial charge in [-0.25, -0.2) is 4.39 Å². The first-order valence-electron chi connectivity index (χ1n) is 16.0. The summed E-state index contributed by atoms with van der Waals surface area (Å²) in [5.74, 6) is -4.91. The lowest BCUT2D eigenvalue weighted by molar-refractivity contribution is -0.757. The van der Waals surface area contributed by atoms with Gasteiger partial charge in [-0.1, -0.05) is 19.9 Å². The molecule has 5 rings (SSSR count). The summed E-state index contributed by atoms with van der Waals surface area (Å²) in [4.78, 5) is 65.5. The van der Waals surface area contributed by atoms with Gasteiger partial charge in [-0.2, -0.15) is 0 Å². The van der Waals surface area contributed by atoms with Crippen molar-refractivity contribution in [2.45, 2.75) is 102 Å². The normalized spacial score (nSPS) is 38.6. The Kier molecular flexibility index (Phi) is 9.42. The Labute approximate surface area is 271 Å². The number of carbonyl (C=O) groups excluding carboxylic acids is 4. The average molecular weight is 667 g/mol. The molecule has 0 radical (unpaired) electrons. The van der Waals surface area contributed by atoms with Gasteiger partial charge in [-0.15, -0.1) is 10.1 Å².